The highest BCUT2D eigenvalue weighted by Gasteiger charge is 2.26. The summed E-state index contributed by atoms with van der Waals surface area (Å²) in [5, 5.41) is 4.76. The van der Waals surface area contributed by atoms with Crippen LogP contribution >= 0.6 is 12.2 Å². The number of nitrogens with one attached hydrogen (secondary N) is 2. The summed E-state index contributed by atoms with van der Waals surface area (Å²) in [7, 11) is 0. The summed E-state index contributed by atoms with van der Waals surface area (Å²) in [6.07, 6.45) is 1.48. The van der Waals surface area contributed by atoms with Crippen molar-refractivity contribution in [2.45, 2.75) is 13.8 Å². The molecule has 0 saturated carbocycles. The maximum absolute atomic E-state index is 11.6. The van der Waals surface area contributed by atoms with Gasteiger partial charge < -0.3 is 4.42 Å². The zero-order valence-electron chi connectivity index (χ0n) is 9.29. The molecule has 2 heterocycles. The van der Waals surface area contributed by atoms with E-state index in [0.717, 1.165) is 5.76 Å². The van der Waals surface area contributed by atoms with Crippen LogP contribution in [0.5, 0.6) is 0 Å². The summed E-state index contributed by atoms with van der Waals surface area (Å²) < 4.78 is 5.31. The number of hydrogen-bond acceptors (Lipinski definition) is 4. The lowest BCUT2D eigenvalue weighted by molar-refractivity contribution is -0.123. The van der Waals surface area contributed by atoms with Crippen LogP contribution < -0.4 is 10.6 Å². The van der Waals surface area contributed by atoms with Crippen molar-refractivity contribution in [3.05, 3.63) is 28.7 Å². The standard InChI is InChI=1S/C11H10N2O3S/c1-5-3-7(6(2)16-5)4-8-9(14)12-11(17)13-10(8)15/h3-4H,1-2H3,(H2,12,13,14,15,17). The van der Waals surface area contributed by atoms with Crippen molar-refractivity contribution in [1.29, 1.82) is 0 Å². The van der Waals surface area contributed by atoms with Crippen molar-refractivity contribution < 1.29 is 14.0 Å². The summed E-state index contributed by atoms with van der Waals surface area (Å²) in [6.45, 7) is 3.56. The summed E-state index contributed by atoms with van der Waals surface area (Å²) in [6, 6.07) is 1.76. The lowest BCUT2D eigenvalue weighted by Crippen LogP contribution is -2.51. The predicted molar refractivity (Wildman–Crippen MR) is 65.0 cm³/mol. The molecule has 0 aromatic carbocycles. The van der Waals surface area contributed by atoms with E-state index in [4.69, 9.17) is 16.6 Å². The Balaban J connectivity index is 2.39. The topological polar surface area (TPSA) is 71.3 Å². The van der Waals surface area contributed by atoms with Gasteiger partial charge in [-0.25, -0.2) is 0 Å². The van der Waals surface area contributed by atoms with Crippen LogP contribution in [0.4, 0.5) is 0 Å². The zero-order valence-corrected chi connectivity index (χ0v) is 10.1. The van der Waals surface area contributed by atoms with Gasteiger partial charge in [-0.15, -0.1) is 0 Å². The molecule has 6 heteroatoms. The summed E-state index contributed by atoms with van der Waals surface area (Å²) in [5.41, 5.74) is 0.720. The highest BCUT2D eigenvalue weighted by molar-refractivity contribution is 7.80. The normalized spacial score (nSPS) is 15.6. The fourth-order valence-corrected chi connectivity index (χ4v) is 1.74. The Kier molecular flexibility index (Phi) is 2.81. The number of furan rings is 1. The smallest absolute Gasteiger partial charge is 0.263 e. The molecule has 1 aromatic heterocycles. The second kappa shape index (κ2) is 4.14. The predicted octanol–water partition coefficient (Wildman–Crippen LogP) is 0.811. The van der Waals surface area contributed by atoms with Crippen molar-refractivity contribution >= 4 is 35.2 Å². The van der Waals surface area contributed by atoms with Gasteiger partial charge in [0.15, 0.2) is 5.11 Å². The van der Waals surface area contributed by atoms with Crippen molar-refractivity contribution in [1.82, 2.24) is 10.6 Å². The minimum atomic E-state index is -0.503. The Morgan fingerprint density at radius 3 is 2.29 bits per heavy atom. The lowest BCUT2D eigenvalue weighted by atomic mass is 10.1. The second-order valence-corrected chi connectivity index (χ2v) is 4.07. The monoisotopic (exact) mass is 250 g/mol. The highest BCUT2D eigenvalue weighted by atomic mass is 32.1. The third kappa shape index (κ3) is 2.26. The van der Waals surface area contributed by atoms with Gasteiger partial charge in [0.25, 0.3) is 11.8 Å². The van der Waals surface area contributed by atoms with Gasteiger partial charge in [0.05, 0.1) is 0 Å². The third-order valence-corrected chi connectivity index (χ3v) is 2.53. The summed E-state index contributed by atoms with van der Waals surface area (Å²) >= 11 is 4.70. The number of aryl methyl sites for hydroxylation is 2. The van der Waals surface area contributed by atoms with Gasteiger partial charge in [-0.05, 0) is 38.2 Å². The average Bonchev–Trinajstić information content (AvgIpc) is 2.51. The van der Waals surface area contributed by atoms with Crippen LogP contribution in [0.3, 0.4) is 0 Å². The fraction of sp³-hybridized carbons (Fsp3) is 0.182. The van der Waals surface area contributed by atoms with Gasteiger partial charge >= 0.3 is 0 Å². The van der Waals surface area contributed by atoms with Gasteiger partial charge in [0, 0.05) is 5.56 Å². The van der Waals surface area contributed by atoms with Crippen LogP contribution in [0, 0.1) is 13.8 Å². The molecule has 2 amide bonds. The molecule has 0 bridgehead atoms. The van der Waals surface area contributed by atoms with Gasteiger partial charge in [-0.2, -0.15) is 0 Å². The molecule has 5 nitrogen and oxygen atoms in total. The van der Waals surface area contributed by atoms with Crippen molar-refractivity contribution in [2.75, 3.05) is 0 Å². The van der Waals surface area contributed by atoms with Crippen LogP contribution in [-0.4, -0.2) is 16.9 Å². The average molecular weight is 250 g/mol. The van der Waals surface area contributed by atoms with Gasteiger partial charge in [-0.3, -0.25) is 20.2 Å². The Hall–Kier alpha value is -1.95. The van der Waals surface area contributed by atoms with Gasteiger partial charge in [0.1, 0.15) is 17.1 Å². The van der Waals surface area contributed by atoms with Gasteiger partial charge in [0.2, 0.25) is 0 Å². The zero-order chi connectivity index (χ0) is 12.6. The molecule has 1 fully saturated rings. The molecule has 0 spiro atoms. The van der Waals surface area contributed by atoms with Crippen molar-refractivity contribution in [3.8, 4) is 0 Å². The Morgan fingerprint density at radius 1 is 1.24 bits per heavy atom. The van der Waals surface area contributed by atoms with Crippen molar-refractivity contribution in [2.24, 2.45) is 0 Å². The first-order valence-corrected chi connectivity index (χ1v) is 5.33. The first-order valence-electron chi connectivity index (χ1n) is 4.93. The molecule has 1 aliphatic heterocycles. The maximum Gasteiger partial charge on any atom is 0.263 e. The maximum atomic E-state index is 11.6. The number of thiocarbonyl (C=S) groups is 1. The molecule has 1 saturated heterocycles. The molecule has 88 valence electrons. The quantitative estimate of drug-likeness (QED) is 0.439. The molecular weight excluding hydrogens is 240 g/mol. The molecule has 1 aliphatic rings. The molecule has 0 radical (unpaired) electrons. The van der Waals surface area contributed by atoms with E-state index in [9.17, 15) is 9.59 Å². The largest absolute Gasteiger partial charge is 0.466 e. The number of carbonyl (C=O) groups excluding carboxylic acids is 2. The van der Waals surface area contributed by atoms with Crippen LogP contribution in [0.15, 0.2) is 16.1 Å². The molecule has 0 aliphatic carbocycles. The number of carbonyl (C=O) groups is 2. The summed E-state index contributed by atoms with van der Waals surface area (Å²) in [5.74, 6) is 0.374. The fourth-order valence-electron chi connectivity index (χ4n) is 1.56. The van der Waals surface area contributed by atoms with E-state index in [1.54, 1.807) is 19.9 Å². The van der Waals surface area contributed by atoms with E-state index in [-0.39, 0.29) is 10.7 Å². The molecule has 2 rings (SSSR count). The molecular formula is C11H10N2O3S. The SMILES string of the molecule is Cc1cc(C=C2C(=O)NC(=S)NC2=O)c(C)o1. The van der Waals surface area contributed by atoms with Crippen LogP contribution in [0.25, 0.3) is 6.08 Å². The molecule has 0 unspecified atom stereocenters. The minimum absolute atomic E-state index is 0.0162. The van der Waals surface area contributed by atoms with Crippen LogP contribution in [0.1, 0.15) is 17.1 Å². The minimum Gasteiger partial charge on any atom is -0.466 e. The molecule has 0 atom stereocenters. The van der Waals surface area contributed by atoms with E-state index < -0.39 is 11.8 Å². The lowest BCUT2D eigenvalue weighted by Gasteiger charge is -2.16. The third-order valence-electron chi connectivity index (χ3n) is 2.32. The van der Waals surface area contributed by atoms with Crippen LogP contribution in [0.2, 0.25) is 0 Å². The van der Waals surface area contributed by atoms with E-state index in [1.165, 1.54) is 6.08 Å². The summed E-state index contributed by atoms with van der Waals surface area (Å²) in [4.78, 5) is 23.2. The Bertz CT molecular complexity index is 535. The van der Waals surface area contributed by atoms with E-state index in [1.807, 2.05) is 0 Å². The van der Waals surface area contributed by atoms with E-state index in [2.05, 4.69) is 10.6 Å². The van der Waals surface area contributed by atoms with Crippen LogP contribution in [-0.2, 0) is 9.59 Å². The first-order chi connectivity index (χ1) is 7.97. The Morgan fingerprint density at radius 2 is 1.82 bits per heavy atom. The van der Waals surface area contributed by atoms with Gasteiger partial charge in [-0.1, -0.05) is 0 Å². The number of amides is 2. The first kappa shape index (κ1) is 11.5. The van der Waals surface area contributed by atoms with E-state index >= 15 is 0 Å². The number of hydrogen-bond donors (Lipinski definition) is 2. The highest BCUT2D eigenvalue weighted by Crippen LogP contribution is 2.17. The number of rotatable bonds is 1. The van der Waals surface area contributed by atoms with Crippen molar-refractivity contribution in [3.63, 3.8) is 0 Å². The van der Waals surface area contributed by atoms with E-state index in [0.29, 0.717) is 11.3 Å². The molecule has 2 N–H and O–H groups in total. The second-order valence-electron chi connectivity index (χ2n) is 3.66. The molecule has 17 heavy (non-hydrogen) atoms. The Labute approximate surface area is 103 Å². The molecule has 1 aromatic rings.